The molecular weight excluding hydrogens is 316 g/mol. The molecule has 1 fully saturated rings. The van der Waals surface area contributed by atoms with Crippen molar-refractivity contribution < 1.29 is 14.3 Å². The lowest BCUT2D eigenvalue weighted by molar-refractivity contribution is -0.133. The van der Waals surface area contributed by atoms with E-state index in [0.717, 1.165) is 43.7 Å². The molecule has 1 saturated heterocycles. The van der Waals surface area contributed by atoms with Crippen molar-refractivity contribution in [1.29, 1.82) is 0 Å². The maximum atomic E-state index is 12.4. The van der Waals surface area contributed by atoms with Gasteiger partial charge in [-0.1, -0.05) is 25.0 Å². The fourth-order valence-corrected chi connectivity index (χ4v) is 3.19. The predicted molar refractivity (Wildman–Crippen MR) is 98.6 cm³/mol. The molecule has 0 radical (unpaired) electrons. The summed E-state index contributed by atoms with van der Waals surface area (Å²) in [5.41, 5.74) is 1.16. The van der Waals surface area contributed by atoms with Crippen LogP contribution in [0.15, 0.2) is 24.3 Å². The average Bonchev–Trinajstić information content (AvgIpc) is 2.91. The third-order valence-electron chi connectivity index (χ3n) is 4.83. The van der Waals surface area contributed by atoms with Crippen molar-refractivity contribution in [2.45, 2.75) is 45.4 Å². The van der Waals surface area contributed by atoms with E-state index < -0.39 is 0 Å². The number of carbonyl (C=O) groups is 2. The topological polar surface area (TPSA) is 49.9 Å². The van der Waals surface area contributed by atoms with Gasteiger partial charge in [0.2, 0.25) is 11.8 Å². The van der Waals surface area contributed by atoms with Crippen LogP contribution in [-0.4, -0.2) is 54.9 Å². The fourth-order valence-electron chi connectivity index (χ4n) is 3.19. The highest BCUT2D eigenvalue weighted by Crippen LogP contribution is 2.13. The van der Waals surface area contributed by atoms with Crippen molar-refractivity contribution in [3.05, 3.63) is 29.8 Å². The largest absolute Gasteiger partial charge is 0.497 e. The molecule has 0 aliphatic carbocycles. The van der Waals surface area contributed by atoms with E-state index in [9.17, 15) is 9.59 Å². The SMILES string of the molecule is COc1ccc(CCN(CCC(=O)N2CCCCCC2)C(C)=O)cc1. The van der Waals surface area contributed by atoms with Gasteiger partial charge in [-0.25, -0.2) is 0 Å². The molecule has 2 rings (SSSR count). The number of likely N-dealkylation sites (tertiary alicyclic amines) is 1. The Bertz CT molecular complexity index is 549. The van der Waals surface area contributed by atoms with Gasteiger partial charge in [-0.15, -0.1) is 0 Å². The zero-order valence-corrected chi connectivity index (χ0v) is 15.5. The Balaban J connectivity index is 1.81. The Morgan fingerprint density at radius 1 is 1.04 bits per heavy atom. The van der Waals surface area contributed by atoms with E-state index in [2.05, 4.69) is 0 Å². The van der Waals surface area contributed by atoms with Crippen molar-refractivity contribution >= 4 is 11.8 Å². The van der Waals surface area contributed by atoms with Crippen LogP contribution in [0.3, 0.4) is 0 Å². The zero-order valence-electron chi connectivity index (χ0n) is 15.5. The van der Waals surface area contributed by atoms with Crippen LogP contribution in [0.1, 0.15) is 44.6 Å². The number of carbonyl (C=O) groups excluding carboxylic acids is 2. The van der Waals surface area contributed by atoms with Crippen molar-refractivity contribution in [3.8, 4) is 5.75 Å². The minimum atomic E-state index is 0.0252. The molecule has 0 N–H and O–H groups in total. The first-order chi connectivity index (χ1) is 12.1. The molecule has 0 bridgehead atoms. The van der Waals surface area contributed by atoms with Crippen LogP contribution in [0.2, 0.25) is 0 Å². The van der Waals surface area contributed by atoms with Crippen LogP contribution in [0.4, 0.5) is 0 Å². The van der Waals surface area contributed by atoms with Crippen LogP contribution in [-0.2, 0) is 16.0 Å². The normalized spacial score (nSPS) is 14.7. The Hall–Kier alpha value is -2.04. The Morgan fingerprint density at radius 3 is 2.24 bits per heavy atom. The van der Waals surface area contributed by atoms with Gasteiger partial charge in [0.05, 0.1) is 7.11 Å². The van der Waals surface area contributed by atoms with Gasteiger partial charge in [0.15, 0.2) is 0 Å². The first kappa shape index (κ1) is 19.3. The number of ether oxygens (including phenoxy) is 1. The van der Waals surface area contributed by atoms with Crippen molar-refractivity contribution in [3.63, 3.8) is 0 Å². The van der Waals surface area contributed by atoms with Gasteiger partial charge < -0.3 is 14.5 Å². The van der Waals surface area contributed by atoms with Crippen molar-refractivity contribution in [2.75, 3.05) is 33.3 Å². The molecule has 1 aromatic carbocycles. The zero-order chi connectivity index (χ0) is 18.1. The van der Waals surface area contributed by atoms with Gasteiger partial charge in [0.25, 0.3) is 0 Å². The summed E-state index contributed by atoms with van der Waals surface area (Å²) in [5, 5.41) is 0. The van der Waals surface area contributed by atoms with E-state index in [-0.39, 0.29) is 11.8 Å². The molecule has 5 nitrogen and oxygen atoms in total. The molecule has 0 spiro atoms. The highest BCUT2D eigenvalue weighted by Gasteiger charge is 2.17. The Morgan fingerprint density at radius 2 is 1.68 bits per heavy atom. The van der Waals surface area contributed by atoms with E-state index in [1.54, 1.807) is 18.9 Å². The lowest BCUT2D eigenvalue weighted by Crippen LogP contribution is -2.37. The number of nitrogens with zero attached hydrogens (tertiary/aromatic N) is 2. The Kier molecular flexibility index (Phi) is 7.76. The number of hydrogen-bond acceptors (Lipinski definition) is 3. The van der Waals surface area contributed by atoms with E-state index in [1.807, 2.05) is 29.2 Å². The number of hydrogen-bond donors (Lipinski definition) is 0. The maximum Gasteiger partial charge on any atom is 0.224 e. The van der Waals surface area contributed by atoms with Crippen LogP contribution in [0, 0.1) is 0 Å². The minimum Gasteiger partial charge on any atom is -0.497 e. The minimum absolute atomic E-state index is 0.0252. The van der Waals surface area contributed by atoms with Crippen LogP contribution in [0.25, 0.3) is 0 Å². The molecule has 1 aromatic rings. The number of benzene rings is 1. The lowest BCUT2D eigenvalue weighted by Gasteiger charge is -2.24. The van der Waals surface area contributed by atoms with Crippen molar-refractivity contribution in [2.24, 2.45) is 0 Å². The second kappa shape index (κ2) is 10.1. The summed E-state index contributed by atoms with van der Waals surface area (Å²) in [6.07, 6.45) is 5.82. The van der Waals surface area contributed by atoms with Gasteiger partial charge in [0.1, 0.15) is 5.75 Å². The number of methoxy groups -OCH3 is 1. The monoisotopic (exact) mass is 346 g/mol. The van der Waals surface area contributed by atoms with E-state index in [0.29, 0.717) is 19.5 Å². The van der Waals surface area contributed by atoms with E-state index in [1.165, 1.54) is 12.8 Å². The van der Waals surface area contributed by atoms with Gasteiger partial charge in [0, 0.05) is 39.5 Å². The third kappa shape index (κ3) is 6.40. The standard InChI is InChI=1S/C20H30N2O3/c1-17(23)21(15-11-18-7-9-19(25-2)10-8-18)16-12-20(24)22-13-5-3-4-6-14-22/h7-10H,3-6,11-16H2,1-2H3. The summed E-state index contributed by atoms with van der Waals surface area (Å²) in [5.74, 6) is 1.03. The van der Waals surface area contributed by atoms with Crippen LogP contribution < -0.4 is 4.74 Å². The molecule has 2 amide bonds. The quantitative estimate of drug-likeness (QED) is 0.763. The molecule has 25 heavy (non-hydrogen) atoms. The summed E-state index contributed by atoms with van der Waals surface area (Å²) in [7, 11) is 1.65. The van der Waals surface area contributed by atoms with Crippen LogP contribution in [0.5, 0.6) is 5.75 Å². The summed E-state index contributed by atoms with van der Waals surface area (Å²) in [6.45, 7) is 4.44. The average molecular weight is 346 g/mol. The third-order valence-corrected chi connectivity index (χ3v) is 4.83. The second-order valence-corrected chi connectivity index (χ2v) is 6.65. The number of rotatable bonds is 7. The summed E-state index contributed by atoms with van der Waals surface area (Å²) in [4.78, 5) is 28.0. The highest BCUT2D eigenvalue weighted by molar-refractivity contribution is 5.78. The summed E-state index contributed by atoms with van der Waals surface area (Å²) in [6, 6.07) is 7.88. The second-order valence-electron chi connectivity index (χ2n) is 6.65. The molecule has 1 aliphatic heterocycles. The predicted octanol–water partition coefficient (Wildman–Crippen LogP) is 2.88. The van der Waals surface area contributed by atoms with Crippen LogP contribution >= 0.6 is 0 Å². The van der Waals surface area contributed by atoms with Crippen molar-refractivity contribution in [1.82, 2.24) is 9.80 Å². The lowest BCUT2D eigenvalue weighted by atomic mass is 10.1. The highest BCUT2D eigenvalue weighted by atomic mass is 16.5. The van der Waals surface area contributed by atoms with Gasteiger partial charge in [-0.2, -0.15) is 0 Å². The smallest absolute Gasteiger partial charge is 0.224 e. The molecule has 0 atom stereocenters. The molecule has 0 aromatic heterocycles. The molecule has 1 heterocycles. The molecular formula is C20H30N2O3. The summed E-state index contributed by atoms with van der Waals surface area (Å²) >= 11 is 0. The first-order valence-corrected chi connectivity index (χ1v) is 9.26. The molecule has 138 valence electrons. The van der Waals surface area contributed by atoms with Gasteiger partial charge in [-0.3, -0.25) is 9.59 Å². The Labute approximate surface area is 150 Å². The maximum absolute atomic E-state index is 12.4. The molecule has 1 aliphatic rings. The first-order valence-electron chi connectivity index (χ1n) is 9.26. The van der Waals surface area contributed by atoms with Gasteiger partial charge >= 0.3 is 0 Å². The van der Waals surface area contributed by atoms with Gasteiger partial charge in [-0.05, 0) is 37.0 Å². The molecule has 5 heteroatoms. The number of amides is 2. The van der Waals surface area contributed by atoms with E-state index in [4.69, 9.17) is 4.74 Å². The molecule has 0 saturated carbocycles. The van der Waals surface area contributed by atoms with E-state index >= 15 is 0 Å². The molecule has 0 unspecified atom stereocenters. The fraction of sp³-hybridized carbons (Fsp3) is 0.600. The summed E-state index contributed by atoms with van der Waals surface area (Å²) < 4.78 is 5.16.